The van der Waals surface area contributed by atoms with Crippen molar-refractivity contribution in [2.75, 3.05) is 7.11 Å². The van der Waals surface area contributed by atoms with Gasteiger partial charge < -0.3 is 15.0 Å². The molecule has 1 aromatic heterocycles. The van der Waals surface area contributed by atoms with Gasteiger partial charge in [-0.05, 0) is 24.3 Å². The summed E-state index contributed by atoms with van der Waals surface area (Å²) in [6.07, 6.45) is 0. The summed E-state index contributed by atoms with van der Waals surface area (Å²) in [5.41, 5.74) is 2.90. The van der Waals surface area contributed by atoms with E-state index < -0.39 is 0 Å². The zero-order valence-electron chi connectivity index (χ0n) is 12.0. The van der Waals surface area contributed by atoms with E-state index in [9.17, 15) is 0 Å². The van der Waals surface area contributed by atoms with Crippen LogP contribution in [0.15, 0.2) is 36.4 Å². The maximum Gasteiger partial charge on any atom is 0.142 e. The van der Waals surface area contributed by atoms with E-state index in [4.69, 9.17) is 27.9 Å². The number of methoxy groups -OCH3 is 1. The van der Waals surface area contributed by atoms with Crippen molar-refractivity contribution in [1.29, 1.82) is 0 Å². The predicted molar refractivity (Wildman–Crippen MR) is 89.7 cm³/mol. The van der Waals surface area contributed by atoms with Crippen LogP contribution in [0.3, 0.4) is 0 Å². The van der Waals surface area contributed by atoms with Crippen LogP contribution in [0.25, 0.3) is 11.0 Å². The predicted octanol–water partition coefficient (Wildman–Crippen LogP) is 4.17. The SMILES string of the molecule is COc1c(Cl)cc(Cl)cc1CNCc1nc2ccccc2[nH]1. The number of rotatable bonds is 5. The molecule has 0 bridgehead atoms. The van der Waals surface area contributed by atoms with Crippen LogP contribution < -0.4 is 10.1 Å². The molecule has 6 heteroatoms. The molecule has 0 saturated heterocycles. The Morgan fingerprint density at radius 3 is 2.77 bits per heavy atom. The number of halogens is 2. The van der Waals surface area contributed by atoms with Gasteiger partial charge in [0.25, 0.3) is 0 Å². The molecule has 0 atom stereocenters. The summed E-state index contributed by atoms with van der Waals surface area (Å²) >= 11 is 12.2. The van der Waals surface area contributed by atoms with Crippen molar-refractivity contribution in [3.05, 3.63) is 57.8 Å². The minimum Gasteiger partial charge on any atom is -0.495 e. The highest BCUT2D eigenvalue weighted by atomic mass is 35.5. The molecular formula is C16H15Cl2N3O. The molecule has 114 valence electrons. The second-order valence-corrected chi connectivity index (χ2v) is 5.73. The first kappa shape index (κ1) is 15.2. The molecule has 4 nitrogen and oxygen atoms in total. The number of imidazole rings is 1. The molecule has 0 aliphatic heterocycles. The van der Waals surface area contributed by atoms with Gasteiger partial charge in [-0.3, -0.25) is 0 Å². The summed E-state index contributed by atoms with van der Waals surface area (Å²) < 4.78 is 5.33. The van der Waals surface area contributed by atoms with Gasteiger partial charge in [-0.15, -0.1) is 0 Å². The third kappa shape index (κ3) is 3.19. The Balaban J connectivity index is 1.70. The highest BCUT2D eigenvalue weighted by Gasteiger charge is 2.10. The summed E-state index contributed by atoms with van der Waals surface area (Å²) in [5, 5.41) is 4.42. The molecule has 0 aliphatic rings. The lowest BCUT2D eigenvalue weighted by Gasteiger charge is -2.11. The Morgan fingerprint density at radius 2 is 2.00 bits per heavy atom. The average molecular weight is 336 g/mol. The van der Waals surface area contributed by atoms with Crippen molar-refractivity contribution in [2.45, 2.75) is 13.1 Å². The second-order valence-electron chi connectivity index (χ2n) is 4.88. The fourth-order valence-corrected chi connectivity index (χ4v) is 2.99. The van der Waals surface area contributed by atoms with Crippen LogP contribution in [0.2, 0.25) is 10.0 Å². The van der Waals surface area contributed by atoms with Crippen LogP contribution in [0.4, 0.5) is 0 Å². The number of fused-ring (bicyclic) bond motifs is 1. The van der Waals surface area contributed by atoms with Gasteiger partial charge in [0.1, 0.15) is 11.6 Å². The number of hydrogen-bond donors (Lipinski definition) is 2. The average Bonchev–Trinajstić information content (AvgIpc) is 2.89. The van der Waals surface area contributed by atoms with Crippen molar-refractivity contribution in [1.82, 2.24) is 15.3 Å². The number of hydrogen-bond acceptors (Lipinski definition) is 3. The molecule has 0 fully saturated rings. The molecule has 22 heavy (non-hydrogen) atoms. The van der Waals surface area contributed by atoms with Crippen molar-refractivity contribution in [3.63, 3.8) is 0 Å². The summed E-state index contributed by atoms with van der Waals surface area (Å²) in [6, 6.07) is 11.5. The number of H-pyrrole nitrogens is 1. The molecule has 1 heterocycles. The maximum atomic E-state index is 6.13. The third-order valence-corrected chi connectivity index (χ3v) is 3.83. The van der Waals surface area contributed by atoms with E-state index in [-0.39, 0.29) is 0 Å². The maximum absolute atomic E-state index is 6.13. The Bertz CT molecular complexity index is 768. The first-order valence-corrected chi connectivity index (χ1v) is 7.59. The fraction of sp³-hybridized carbons (Fsp3) is 0.188. The van der Waals surface area contributed by atoms with E-state index in [0.717, 1.165) is 22.4 Å². The summed E-state index contributed by atoms with van der Waals surface area (Å²) in [5.74, 6) is 1.52. The lowest BCUT2D eigenvalue weighted by molar-refractivity contribution is 0.408. The fourth-order valence-electron chi connectivity index (χ4n) is 2.38. The Hall–Kier alpha value is -1.75. The third-order valence-electron chi connectivity index (χ3n) is 3.34. The molecule has 3 aromatic rings. The van der Waals surface area contributed by atoms with E-state index >= 15 is 0 Å². The molecule has 0 spiro atoms. The number of aromatic amines is 1. The van der Waals surface area contributed by atoms with Crippen LogP contribution in [0, 0.1) is 0 Å². The number of benzene rings is 2. The van der Waals surface area contributed by atoms with Gasteiger partial charge in [0.15, 0.2) is 0 Å². The lowest BCUT2D eigenvalue weighted by atomic mass is 10.2. The Morgan fingerprint density at radius 1 is 1.18 bits per heavy atom. The topological polar surface area (TPSA) is 49.9 Å². The summed E-state index contributed by atoms with van der Waals surface area (Å²) in [6.45, 7) is 1.20. The smallest absolute Gasteiger partial charge is 0.142 e. The van der Waals surface area contributed by atoms with Gasteiger partial charge in [0.05, 0.1) is 29.7 Å². The summed E-state index contributed by atoms with van der Waals surface area (Å²) in [4.78, 5) is 7.80. The number of nitrogens with one attached hydrogen (secondary N) is 2. The van der Waals surface area contributed by atoms with Crippen LogP contribution in [0.5, 0.6) is 5.75 Å². The van der Waals surface area contributed by atoms with Crippen LogP contribution >= 0.6 is 23.2 Å². The lowest BCUT2D eigenvalue weighted by Crippen LogP contribution is -2.14. The molecule has 0 amide bonds. The minimum absolute atomic E-state index is 0.510. The Kier molecular flexibility index (Phi) is 4.52. The van der Waals surface area contributed by atoms with E-state index in [1.54, 1.807) is 13.2 Å². The molecule has 2 N–H and O–H groups in total. The van der Waals surface area contributed by atoms with Crippen molar-refractivity contribution in [3.8, 4) is 5.75 Å². The molecule has 0 unspecified atom stereocenters. The first-order valence-electron chi connectivity index (χ1n) is 6.83. The highest BCUT2D eigenvalue weighted by molar-refractivity contribution is 6.35. The standard InChI is InChI=1S/C16H15Cl2N3O/c1-22-16-10(6-11(17)7-12(16)18)8-19-9-15-20-13-4-2-3-5-14(13)21-15/h2-7,19H,8-9H2,1H3,(H,20,21). The molecule has 2 aromatic carbocycles. The zero-order chi connectivity index (χ0) is 15.5. The molecule has 0 radical (unpaired) electrons. The highest BCUT2D eigenvalue weighted by Crippen LogP contribution is 2.32. The van der Waals surface area contributed by atoms with Gasteiger partial charge in [-0.25, -0.2) is 4.98 Å². The normalized spacial score (nSPS) is 11.0. The van der Waals surface area contributed by atoms with E-state index in [1.807, 2.05) is 30.3 Å². The van der Waals surface area contributed by atoms with E-state index in [1.165, 1.54) is 0 Å². The largest absolute Gasteiger partial charge is 0.495 e. The molecule has 0 aliphatic carbocycles. The number of para-hydroxylation sites is 2. The van der Waals surface area contributed by atoms with Gasteiger partial charge in [-0.2, -0.15) is 0 Å². The van der Waals surface area contributed by atoms with Crippen molar-refractivity contribution in [2.24, 2.45) is 0 Å². The van der Waals surface area contributed by atoms with E-state index in [2.05, 4.69) is 15.3 Å². The zero-order valence-corrected chi connectivity index (χ0v) is 13.5. The van der Waals surface area contributed by atoms with Gasteiger partial charge in [-0.1, -0.05) is 35.3 Å². The molecule has 0 saturated carbocycles. The Labute approximate surface area is 138 Å². The van der Waals surface area contributed by atoms with Crippen LogP contribution in [-0.2, 0) is 13.1 Å². The minimum atomic E-state index is 0.510. The molecule has 3 rings (SSSR count). The van der Waals surface area contributed by atoms with Gasteiger partial charge in [0.2, 0.25) is 0 Å². The van der Waals surface area contributed by atoms with Crippen LogP contribution in [-0.4, -0.2) is 17.1 Å². The van der Waals surface area contributed by atoms with Crippen molar-refractivity contribution >= 4 is 34.2 Å². The number of aromatic nitrogens is 2. The van der Waals surface area contributed by atoms with E-state index in [0.29, 0.717) is 28.9 Å². The second kappa shape index (κ2) is 6.57. The van der Waals surface area contributed by atoms with Gasteiger partial charge >= 0.3 is 0 Å². The monoisotopic (exact) mass is 335 g/mol. The first-order chi connectivity index (χ1) is 10.7. The van der Waals surface area contributed by atoms with Gasteiger partial charge in [0, 0.05) is 17.1 Å². The quantitative estimate of drug-likeness (QED) is 0.735. The van der Waals surface area contributed by atoms with Crippen LogP contribution in [0.1, 0.15) is 11.4 Å². The number of nitrogens with zero attached hydrogens (tertiary/aromatic N) is 1. The summed E-state index contributed by atoms with van der Waals surface area (Å²) in [7, 11) is 1.60. The molecular weight excluding hydrogens is 321 g/mol. The number of ether oxygens (including phenoxy) is 1. The van der Waals surface area contributed by atoms with Crippen molar-refractivity contribution < 1.29 is 4.74 Å².